The SMILES string of the molecule is C(OCC1CO1)C1CO1.CCC(O)O. The van der Waals surface area contributed by atoms with E-state index in [0.717, 1.165) is 26.4 Å². The lowest BCUT2D eigenvalue weighted by molar-refractivity contribution is -0.0413. The van der Waals surface area contributed by atoms with Gasteiger partial charge >= 0.3 is 0 Å². The van der Waals surface area contributed by atoms with Crippen molar-refractivity contribution in [2.45, 2.75) is 31.8 Å². The normalized spacial score (nSPS) is 28.3. The van der Waals surface area contributed by atoms with Crippen LogP contribution in [0.3, 0.4) is 0 Å². The molecular weight excluding hydrogens is 188 g/mol. The minimum Gasteiger partial charge on any atom is -0.376 e. The maximum Gasteiger partial charge on any atom is 0.151 e. The molecule has 2 saturated heterocycles. The highest BCUT2D eigenvalue weighted by Crippen LogP contribution is 2.12. The van der Waals surface area contributed by atoms with Gasteiger partial charge in [-0.05, 0) is 6.42 Å². The summed E-state index contributed by atoms with van der Waals surface area (Å²) in [5, 5.41) is 15.8. The van der Waals surface area contributed by atoms with Crippen LogP contribution < -0.4 is 0 Å². The lowest BCUT2D eigenvalue weighted by Crippen LogP contribution is -2.06. The summed E-state index contributed by atoms with van der Waals surface area (Å²) in [5.41, 5.74) is 0. The van der Waals surface area contributed by atoms with Crippen LogP contribution in [0.25, 0.3) is 0 Å². The highest BCUT2D eigenvalue weighted by molar-refractivity contribution is 4.71. The van der Waals surface area contributed by atoms with Crippen molar-refractivity contribution in [3.05, 3.63) is 0 Å². The number of hydrogen-bond donors (Lipinski definition) is 2. The van der Waals surface area contributed by atoms with Gasteiger partial charge in [-0.15, -0.1) is 0 Å². The fourth-order valence-corrected chi connectivity index (χ4v) is 0.659. The Morgan fingerprint density at radius 3 is 1.79 bits per heavy atom. The standard InChI is InChI=1S/C6H10O3.C3H8O2/c1(5-3-8-5)7-2-6-4-9-6;1-2-3(4)5/h5-6H,1-4H2;3-5H,2H2,1H3. The first-order valence-electron chi connectivity index (χ1n) is 4.89. The summed E-state index contributed by atoms with van der Waals surface area (Å²) in [5.74, 6) is 0. The van der Waals surface area contributed by atoms with Gasteiger partial charge in [0.05, 0.1) is 26.4 Å². The molecule has 2 heterocycles. The first kappa shape index (κ1) is 11.9. The Labute approximate surface area is 83.6 Å². The molecule has 2 aliphatic rings. The van der Waals surface area contributed by atoms with E-state index in [1.54, 1.807) is 6.92 Å². The van der Waals surface area contributed by atoms with Crippen molar-refractivity contribution in [3.63, 3.8) is 0 Å². The van der Waals surface area contributed by atoms with Gasteiger partial charge in [-0.25, -0.2) is 0 Å². The third-order valence-corrected chi connectivity index (χ3v) is 1.78. The molecule has 2 atom stereocenters. The zero-order valence-electron chi connectivity index (χ0n) is 8.39. The molecule has 0 amide bonds. The van der Waals surface area contributed by atoms with Gasteiger partial charge in [-0.3, -0.25) is 0 Å². The van der Waals surface area contributed by atoms with Crippen LogP contribution in [-0.2, 0) is 14.2 Å². The summed E-state index contributed by atoms with van der Waals surface area (Å²) in [6, 6.07) is 0. The average Bonchev–Trinajstić information content (AvgIpc) is 2.99. The van der Waals surface area contributed by atoms with Crippen LogP contribution in [0.1, 0.15) is 13.3 Å². The van der Waals surface area contributed by atoms with E-state index < -0.39 is 6.29 Å². The highest BCUT2D eigenvalue weighted by Gasteiger charge is 2.26. The number of rotatable bonds is 5. The summed E-state index contributed by atoms with van der Waals surface area (Å²) in [7, 11) is 0. The van der Waals surface area contributed by atoms with Gasteiger partial charge < -0.3 is 24.4 Å². The van der Waals surface area contributed by atoms with Crippen molar-refractivity contribution in [1.29, 1.82) is 0 Å². The predicted octanol–water partition coefficient (Wildman–Crippen LogP) is -0.492. The van der Waals surface area contributed by atoms with E-state index >= 15 is 0 Å². The zero-order chi connectivity index (χ0) is 10.4. The quantitative estimate of drug-likeness (QED) is 0.469. The second kappa shape index (κ2) is 6.31. The minimum atomic E-state index is -1.12. The molecule has 2 aliphatic heterocycles. The van der Waals surface area contributed by atoms with E-state index in [1.807, 2.05) is 0 Å². The lowest BCUT2D eigenvalue weighted by atomic mass is 10.5. The van der Waals surface area contributed by atoms with E-state index in [2.05, 4.69) is 0 Å². The van der Waals surface area contributed by atoms with Crippen LogP contribution in [0, 0.1) is 0 Å². The third-order valence-electron chi connectivity index (χ3n) is 1.78. The molecule has 0 aromatic carbocycles. The number of aliphatic hydroxyl groups is 2. The molecule has 0 aromatic rings. The number of epoxide rings is 2. The summed E-state index contributed by atoms with van der Waals surface area (Å²) < 4.78 is 15.1. The molecule has 0 aliphatic carbocycles. The second-order valence-corrected chi connectivity index (χ2v) is 3.34. The summed E-state index contributed by atoms with van der Waals surface area (Å²) >= 11 is 0. The maximum absolute atomic E-state index is 7.92. The first-order chi connectivity index (χ1) is 6.72. The van der Waals surface area contributed by atoms with Crippen LogP contribution in [0.15, 0.2) is 0 Å². The van der Waals surface area contributed by atoms with Crippen LogP contribution in [-0.4, -0.2) is 55.1 Å². The van der Waals surface area contributed by atoms with Crippen LogP contribution in [0.5, 0.6) is 0 Å². The number of hydrogen-bond acceptors (Lipinski definition) is 5. The fourth-order valence-electron chi connectivity index (χ4n) is 0.659. The van der Waals surface area contributed by atoms with E-state index in [9.17, 15) is 0 Å². The Hall–Kier alpha value is -0.200. The van der Waals surface area contributed by atoms with Crippen molar-refractivity contribution in [3.8, 4) is 0 Å². The molecule has 5 heteroatoms. The molecule has 2 N–H and O–H groups in total. The molecule has 2 rings (SSSR count). The molecule has 0 aromatic heterocycles. The molecule has 84 valence electrons. The molecule has 0 radical (unpaired) electrons. The first-order valence-corrected chi connectivity index (χ1v) is 4.89. The molecule has 14 heavy (non-hydrogen) atoms. The highest BCUT2D eigenvalue weighted by atomic mass is 16.6. The van der Waals surface area contributed by atoms with Crippen molar-refractivity contribution in [2.24, 2.45) is 0 Å². The largest absolute Gasteiger partial charge is 0.376 e. The van der Waals surface area contributed by atoms with Gasteiger partial charge in [0.15, 0.2) is 6.29 Å². The minimum absolute atomic E-state index is 0.392. The van der Waals surface area contributed by atoms with Crippen LogP contribution in [0.2, 0.25) is 0 Å². The van der Waals surface area contributed by atoms with Gasteiger partial charge in [-0.1, -0.05) is 6.92 Å². The molecule has 0 bridgehead atoms. The smallest absolute Gasteiger partial charge is 0.151 e. The number of aliphatic hydroxyl groups excluding tert-OH is 1. The molecule has 5 nitrogen and oxygen atoms in total. The summed E-state index contributed by atoms with van der Waals surface area (Å²) in [6.07, 6.45) is 0.0856. The number of ether oxygens (including phenoxy) is 3. The Kier molecular flexibility index (Phi) is 5.36. The monoisotopic (exact) mass is 206 g/mol. The average molecular weight is 206 g/mol. The van der Waals surface area contributed by atoms with Gasteiger partial charge in [0, 0.05) is 0 Å². The van der Waals surface area contributed by atoms with Gasteiger partial charge in [0.25, 0.3) is 0 Å². The zero-order valence-corrected chi connectivity index (χ0v) is 8.39. The van der Waals surface area contributed by atoms with Crippen LogP contribution in [0.4, 0.5) is 0 Å². The van der Waals surface area contributed by atoms with Gasteiger partial charge in [0.2, 0.25) is 0 Å². The predicted molar refractivity (Wildman–Crippen MR) is 48.8 cm³/mol. The lowest BCUT2D eigenvalue weighted by Gasteiger charge is -1.95. The fraction of sp³-hybridized carbons (Fsp3) is 1.00. The van der Waals surface area contributed by atoms with Crippen LogP contribution >= 0.6 is 0 Å². The van der Waals surface area contributed by atoms with Crippen molar-refractivity contribution in [2.75, 3.05) is 26.4 Å². The van der Waals surface area contributed by atoms with E-state index in [-0.39, 0.29) is 0 Å². The van der Waals surface area contributed by atoms with E-state index in [1.165, 1.54) is 0 Å². The molecular formula is C9H18O5. The Balaban J connectivity index is 0.000000171. The Bertz CT molecular complexity index is 130. The third kappa shape index (κ3) is 7.23. The molecule has 0 spiro atoms. The van der Waals surface area contributed by atoms with Gasteiger partial charge in [0.1, 0.15) is 12.2 Å². The van der Waals surface area contributed by atoms with Crippen molar-refractivity contribution in [1.82, 2.24) is 0 Å². The molecule has 2 fully saturated rings. The van der Waals surface area contributed by atoms with E-state index in [0.29, 0.717) is 18.6 Å². The summed E-state index contributed by atoms with van der Waals surface area (Å²) in [6.45, 7) is 4.96. The topological polar surface area (TPSA) is 74.8 Å². The molecule has 0 saturated carbocycles. The van der Waals surface area contributed by atoms with Crippen molar-refractivity contribution >= 4 is 0 Å². The summed E-state index contributed by atoms with van der Waals surface area (Å²) in [4.78, 5) is 0. The van der Waals surface area contributed by atoms with Gasteiger partial charge in [-0.2, -0.15) is 0 Å². The van der Waals surface area contributed by atoms with E-state index in [4.69, 9.17) is 24.4 Å². The Morgan fingerprint density at radius 1 is 1.21 bits per heavy atom. The van der Waals surface area contributed by atoms with Crippen molar-refractivity contribution < 1.29 is 24.4 Å². The maximum atomic E-state index is 7.92. The molecule has 2 unspecified atom stereocenters. The Morgan fingerprint density at radius 2 is 1.57 bits per heavy atom. The second-order valence-electron chi connectivity index (χ2n) is 3.34.